The number of hydrogen-bond donors (Lipinski definition) is 1. The van der Waals surface area contributed by atoms with Gasteiger partial charge >= 0.3 is 0 Å². The highest BCUT2D eigenvalue weighted by molar-refractivity contribution is 7.88. The normalized spacial score (nSPS) is 14.9. The molecule has 0 unspecified atom stereocenters. The number of benzene rings is 1. The fourth-order valence-electron chi connectivity index (χ4n) is 3.15. The summed E-state index contributed by atoms with van der Waals surface area (Å²) in [5.74, 6) is -0.105. The molecule has 0 spiro atoms. The quantitative estimate of drug-likeness (QED) is 0.637. The van der Waals surface area contributed by atoms with E-state index < -0.39 is 10.0 Å². The molecular weight excluding hydrogens is 348 g/mol. The summed E-state index contributed by atoms with van der Waals surface area (Å²) in [5, 5.41) is 2.87. The Balaban J connectivity index is 1.73. The number of rotatable bonds is 10. The Morgan fingerprint density at radius 1 is 1.12 bits per heavy atom. The van der Waals surface area contributed by atoms with Gasteiger partial charge < -0.3 is 5.32 Å². The first-order chi connectivity index (χ1) is 12.4. The van der Waals surface area contributed by atoms with E-state index in [1.54, 1.807) is 0 Å². The van der Waals surface area contributed by atoms with Crippen molar-refractivity contribution >= 4 is 15.9 Å². The first-order valence-electron chi connectivity index (χ1n) is 9.39. The lowest BCUT2D eigenvalue weighted by molar-refractivity contribution is -0.121. The molecule has 1 aromatic carbocycles. The Labute approximate surface area is 157 Å². The molecule has 0 bridgehead atoms. The topological polar surface area (TPSA) is 66.5 Å². The van der Waals surface area contributed by atoms with Gasteiger partial charge in [-0.05, 0) is 44.1 Å². The molecule has 5 nitrogen and oxygen atoms in total. The molecular formula is C20H30N2O3S. The number of amides is 1. The molecule has 1 aliphatic carbocycles. The Bertz CT molecular complexity index is 699. The molecule has 144 valence electrons. The number of allylic oxidation sites excluding steroid dienone is 1. The molecule has 1 N–H and O–H groups in total. The van der Waals surface area contributed by atoms with E-state index in [1.807, 2.05) is 30.3 Å². The fraction of sp³-hybridized carbons (Fsp3) is 0.550. The van der Waals surface area contributed by atoms with Crippen LogP contribution in [0.3, 0.4) is 0 Å². The Morgan fingerprint density at radius 3 is 2.54 bits per heavy atom. The minimum Gasteiger partial charge on any atom is -0.356 e. The molecule has 0 heterocycles. The van der Waals surface area contributed by atoms with Gasteiger partial charge in [0, 0.05) is 26.1 Å². The van der Waals surface area contributed by atoms with Gasteiger partial charge in [0.05, 0.1) is 6.26 Å². The summed E-state index contributed by atoms with van der Waals surface area (Å²) in [6, 6.07) is 9.96. The third-order valence-corrected chi connectivity index (χ3v) is 6.01. The van der Waals surface area contributed by atoms with Gasteiger partial charge in [0.25, 0.3) is 0 Å². The van der Waals surface area contributed by atoms with Crippen LogP contribution in [0.5, 0.6) is 0 Å². The zero-order valence-electron chi connectivity index (χ0n) is 15.6. The zero-order chi connectivity index (χ0) is 18.8. The SMILES string of the molecule is CS(=O)(=O)N(CCC(=O)NCCc1ccccc1)CCC1=CCCCC1. The van der Waals surface area contributed by atoms with E-state index in [0.717, 1.165) is 25.7 Å². The molecule has 1 aromatic rings. The Kier molecular flexibility index (Phi) is 8.32. The summed E-state index contributed by atoms with van der Waals surface area (Å²) >= 11 is 0. The monoisotopic (exact) mass is 378 g/mol. The third kappa shape index (κ3) is 7.70. The Hall–Kier alpha value is -1.66. The van der Waals surface area contributed by atoms with E-state index in [1.165, 1.54) is 34.5 Å². The minimum atomic E-state index is -3.30. The van der Waals surface area contributed by atoms with Crippen LogP contribution in [0.15, 0.2) is 42.0 Å². The van der Waals surface area contributed by atoms with Crippen LogP contribution >= 0.6 is 0 Å². The molecule has 0 atom stereocenters. The first kappa shape index (κ1) is 20.6. The molecule has 1 aliphatic rings. The third-order valence-electron chi connectivity index (χ3n) is 4.70. The predicted octanol–water partition coefficient (Wildman–Crippen LogP) is 2.89. The van der Waals surface area contributed by atoms with Gasteiger partial charge in [0.15, 0.2) is 0 Å². The van der Waals surface area contributed by atoms with Gasteiger partial charge in [-0.3, -0.25) is 4.79 Å². The predicted molar refractivity (Wildman–Crippen MR) is 105 cm³/mol. The average molecular weight is 379 g/mol. The molecule has 0 aliphatic heterocycles. The van der Waals surface area contributed by atoms with Crippen LogP contribution in [0.4, 0.5) is 0 Å². The van der Waals surface area contributed by atoms with Crippen molar-refractivity contribution in [3.05, 3.63) is 47.5 Å². The molecule has 6 heteroatoms. The Morgan fingerprint density at radius 2 is 1.88 bits per heavy atom. The van der Waals surface area contributed by atoms with E-state index >= 15 is 0 Å². The van der Waals surface area contributed by atoms with E-state index in [4.69, 9.17) is 0 Å². The summed E-state index contributed by atoms with van der Waals surface area (Å²) in [7, 11) is -3.30. The summed E-state index contributed by atoms with van der Waals surface area (Å²) in [4.78, 5) is 12.0. The van der Waals surface area contributed by atoms with Crippen LogP contribution in [0, 0.1) is 0 Å². The van der Waals surface area contributed by atoms with Gasteiger partial charge in [-0.25, -0.2) is 12.7 Å². The summed E-state index contributed by atoms with van der Waals surface area (Å²) < 4.78 is 25.4. The van der Waals surface area contributed by atoms with E-state index in [-0.39, 0.29) is 18.9 Å². The maximum atomic E-state index is 12.0. The number of carbonyl (C=O) groups excluding carboxylic acids is 1. The maximum Gasteiger partial charge on any atom is 0.221 e. The summed E-state index contributed by atoms with van der Waals surface area (Å²) in [6.07, 6.45) is 9.77. The number of carbonyl (C=O) groups is 1. The minimum absolute atomic E-state index is 0.105. The van der Waals surface area contributed by atoms with Gasteiger partial charge in [0.1, 0.15) is 0 Å². The lowest BCUT2D eigenvalue weighted by atomic mass is 9.97. The second-order valence-corrected chi connectivity index (χ2v) is 8.84. The van der Waals surface area contributed by atoms with Crippen molar-refractivity contribution in [3.8, 4) is 0 Å². The molecule has 0 fully saturated rings. The molecule has 0 radical (unpaired) electrons. The van der Waals surface area contributed by atoms with Gasteiger partial charge in [-0.1, -0.05) is 42.0 Å². The van der Waals surface area contributed by atoms with Crippen LogP contribution < -0.4 is 5.32 Å². The molecule has 2 rings (SSSR count). The number of hydrogen-bond acceptors (Lipinski definition) is 3. The maximum absolute atomic E-state index is 12.0. The van der Waals surface area contributed by atoms with Crippen LogP contribution in [0.1, 0.15) is 44.1 Å². The number of sulfonamides is 1. The van der Waals surface area contributed by atoms with Crippen molar-refractivity contribution in [3.63, 3.8) is 0 Å². The van der Waals surface area contributed by atoms with E-state index in [2.05, 4.69) is 11.4 Å². The summed E-state index contributed by atoms with van der Waals surface area (Å²) in [6.45, 7) is 1.26. The molecule has 0 saturated heterocycles. The van der Waals surface area contributed by atoms with Gasteiger partial charge in [-0.2, -0.15) is 0 Å². The molecule has 1 amide bonds. The standard InChI is InChI=1S/C20H30N2O3S/c1-26(24,25)22(16-13-19-10-6-3-7-11-19)17-14-20(23)21-15-12-18-8-4-2-5-9-18/h2,4-5,8-10H,3,6-7,11-17H2,1H3,(H,21,23). The van der Waals surface area contributed by atoms with Crippen molar-refractivity contribution in [1.82, 2.24) is 9.62 Å². The van der Waals surface area contributed by atoms with Crippen LogP contribution in [0.25, 0.3) is 0 Å². The van der Waals surface area contributed by atoms with Crippen LogP contribution in [-0.2, 0) is 21.2 Å². The number of nitrogens with zero attached hydrogens (tertiary/aromatic N) is 1. The van der Waals surface area contributed by atoms with Crippen molar-refractivity contribution in [1.29, 1.82) is 0 Å². The molecule has 0 saturated carbocycles. The highest BCUT2D eigenvalue weighted by atomic mass is 32.2. The van der Waals surface area contributed by atoms with Gasteiger partial charge in [0.2, 0.25) is 15.9 Å². The number of nitrogens with one attached hydrogen (secondary N) is 1. The van der Waals surface area contributed by atoms with E-state index in [9.17, 15) is 13.2 Å². The van der Waals surface area contributed by atoms with Crippen molar-refractivity contribution in [2.24, 2.45) is 0 Å². The average Bonchev–Trinajstić information content (AvgIpc) is 2.62. The summed E-state index contributed by atoms with van der Waals surface area (Å²) in [5.41, 5.74) is 2.52. The highest BCUT2D eigenvalue weighted by Crippen LogP contribution is 2.20. The van der Waals surface area contributed by atoms with Crippen molar-refractivity contribution in [2.45, 2.75) is 44.9 Å². The van der Waals surface area contributed by atoms with Crippen LogP contribution in [-0.4, -0.2) is 44.5 Å². The van der Waals surface area contributed by atoms with Crippen molar-refractivity contribution in [2.75, 3.05) is 25.9 Å². The fourth-order valence-corrected chi connectivity index (χ4v) is 3.99. The van der Waals surface area contributed by atoms with Crippen LogP contribution in [0.2, 0.25) is 0 Å². The van der Waals surface area contributed by atoms with E-state index in [0.29, 0.717) is 13.1 Å². The molecule has 26 heavy (non-hydrogen) atoms. The zero-order valence-corrected chi connectivity index (χ0v) is 16.4. The second kappa shape index (κ2) is 10.5. The largest absolute Gasteiger partial charge is 0.356 e. The molecule has 0 aromatic heterocycles. The highest BCUT2D eigenvalue weighted by Gasteiger charge is 2.18. The van der Waals surface area contributed by atoms with Crippen molar-refractivity contribution < 1.29 is 13.2 Å². The lowest BCUT2D eigenvalue weighted by Gasteiger charge is -2.21. The second-order valence-electron chi connectivity index (χ2n) is 6.86. The smallest absolute Gasteiger partial charge is 0.221 e. The van der Waals surface area contributed by atoms with Gasteiger partial charge in [-0.15, -0.1) is 0 Å². The first-order valence-corrected chi connectivity index (χ1v) is 11.2. The lowest BCUT2D eigenvalue weighted by Crippen LogP contribution is -2.36.